The van der Waals surface area contributed by atoms with E-state index in [0.717, 1.165) is 0 Å². The number of aliphatic imine (C=N–C) groups is 1. The molecule has 0 bridgehead atoms. The molecule has 5 heteroatoms. The number of benzene rings is 1. The maximum absolute atomic E-state index is 11.6. The van der Waals surface area contributed by atoms with E-state index in [2.05, 4.69) is 4.99 Å². The molecule has 2 heterocycles. The lowest BCUT2D eigenvalue weighted by atomic mass is 10.2. The van der Waals surface area contributed by atoms with Gasteiger partial charge in [-0.15, -0.1) is 0 Å². The molecule has 0 atom stereocenters. The van der Waals surface area contributed by atoms with Gasteiger partial charge in [-0.3, -0.25) is 9.59 Å². The number of carbonyl (C=O) groups is 2. The Kier molecular flexibility index (Phi) is 1.45. The number of amides is 2. The Morgan fingerprint density at radius 1 is 1.13 bits per heavy atom. The average molecular weight is 201 g/mol. The number of hydrazine groups is 1. The summed E-state index contributed by atoms with van der Waals surface area (Å²) in [4.78, 5) is 27.1. The van der Waals surface area contributed by atoms with Gasteiger partial charge in [0.15, 0.2) is 0 Å². The first-order valence-corrected chi connectivity index (χ1v) is 4.55. The summed E-state index contributed by atoms with van der Waals surface area (Å²) in [5.74, 6) is -0.447. The fourth-order valence-corrected chi connectivity index (χ4v) is 1.75. The van der Waals surface area contributed by atoms with Crippen LogP contribution in [0.1, 0.15) is 6.42 Å². The van der Waals surface area contributed by atoms with Crippen LogP contribution >= 0.6 is 0 Å². The first-order chi connectivity index (χ1) is 7.27. The van der Waals surface area contributed by atoms with Crippen molar-refractivity contribution in [1.82, 2.24) is 5.01 Å². The highest BCUT2D eigenvalue weighted by atomic mass is 16.2. The van der Waals surface area contributed by atoms with Crippen molar-refractivity contribution < 1.29 is 9.59 Å². The molecule has 0 saturated carbocycles. The molecule has 1 aromatic carbocycles. The van der Waals surface area contributed by atoms with Crippen LogP contribution in [0.15, 0.2) is 29.3 Å². The molecule has 0 unspecified atom stereocenters. The van der Waals surface area contributed by atoms with E-state index in [1.165, 1.54) is 16.4 Å². The van der Waals surface area contributed by atoms with Gasteiger partial charge in [0.1, 0.15) is 12.8 Å². The Hall–Kier alpha value is -2.17. The number of nitrogens with zero attached hydrogens (tertiary/aromatic N) is 3. The molecule has 1 aromatic rings. The predicted molar refractivity (Wildman–Crippen MR) is 53.5 cm³/mol. The molecule has 1 saturated heterocycles. The molecular weight excluding hydrogens is 194 g/mol. The van der Waals surface area contributed by atoms with Gasteiger partial charge < -0.3 is 0 Å². The fourth-order valence-electron chi connectivity index (χ4n) is 1.75. The fraction of sp³-hybridized carbons (Fsp3) is 0.100. The molecule has 0 radical (unpaired) electrons. The zero-order chi connectivity index (χ0) is 10.4. The summed E-state index contributed by atoms with van der Waals surface area (Å²) in [6, 6.07) is 7.23. The molecule has 5 nitrogen and oxygen atoms in total. The second-order valence-electron chi connectivity index (χ2n) is 3.35. The molecule has 0 aliphatic carbocycles. The minimum Gasteiger partial charge on any atom is -0.272 e. The van der Waals surface area contributed by atoms with E-state index in [4.69, 9.17) is 0 Å². The van der Waals surface area contributed by atoms with E-state index in [-0.39, 0.29) is 18.2 Å². The third kappa shape index (κ3) is 0.999. The Morgan fingerprint density at radius 3 is 2.80 bits per heavy atom. The van der Waals surface area contributed by atoms with Gasteiger partial charge in [0.2, 0.25) is 0 Å². The van der Waals surface area contributed by atoms with Crippen molar-refractivity contribution >= 4 is 29.5 Å². The lowest BCUT2D eigenvalue weighted by Crippen LogP contribution is -2.41. The first kappa shape index (κ1) is 8.16. The number of carbonyl (C=O) groups excluding carboxylic acids is 2. The number of hydrogen-bond donors (Lipinski definition) is 0. The first-order valence-electron chi connectivity index (χ1n) is 4.55. The van der Waals surface area contributed by atoms with Crippen LogP contribution in [0, 0.1) is 0 Å². The molecule has 2 aliphatic heterocycles. The van der Waals surface area contributed by atoms with E-state index in [0.29, 0.717) is 11.4 Å². The number of rotatable bonds is 0. The van der Waals surface area contributed by atoms with Crippen LogP contribution in [0.25, 0.3) is 0 Å². The number of anilines is 1. The molecule has 3 rings (SSSR count). The van der Waals surface area contributed by atoms with Crippen molar-refractivity contribution in [3.63, 3.8) is 0 Å². The van der Waals surface area contributed by atoms with Crippen LogP contribution in [0.5, 0.6) is 0 Å². The van der Waals surface area contributed by atoms with E-state index < -0.39 is 0 Å². The lowest BCUT2D eigenvalue weighted by Gasteiger charge is -2.28. The minimum absolute atomic E-state index is 0.0830. The predicted octanol–water partition coefficient (Wildman–Crippen LogP) is 0.840. The standard InChI is InChI=1S/C10H7N3O2/c14-9-5-10(15)13-8-4-2-1-3-7(8)11-6-12(9)13/h1-4,6H,5H2. The average Bonchev–Trinajstić information content (AvgIpc) is 2.55. The number of hydrogen-bond acceptors (Lipinski definition) is 3. The molecule has 0 N–H and O–H groups in total. The Bertz CT molecular complexity index is 495. The highest BCUT2D eigenvalue weighted by Gasteiger charge is 2.38. The van der Waals surface area contributed by atoms with Crippen LogP contribution in [0.4, 0.5) is 11.4 Å². The van der Waals surface area contributed by atoms with Crippen molar-refractivity contribution in [2.75, 3.05) is 5.01 Å². The monoisotopic (exact) mass is 201 g/mol. The molecule has 0 aromatic heterocycles. The van der Waals surface area contributed by atoms with Crippen LogP contribution in [-0.4, -0.2) is 23.2 Å². The van der Waals surface area contributed by atoms with Gasteiger partial charge in [-0.05, 0) is 12.1 Å². The molecule has 2 amide bonds. The van der Waals surface area contributed by atoms with Crippen LogP contribution in [-0.2, 0) is 9.59 Å². The van der Waals surface area contributed by atoms with Crippen LogP contribution in [0.2, 0.25) is 0 Å². The quantitative estimate of drug-likeness (QED) is 0.584. The third-order valence-electron chi connectivity index (χ3n) is 2.43. The molecular formula is C10H7N3O2. The Morgan fingerprint density at radius 2 is 1.93 bits per heavy atom. The van der Waals surface area contributed by atoms with Crippen LogP contribution in [0.3, 0.4) is 0 Å². The van der Waals surface area contributed by atoms with Gasteiger partial charge >= 0.3 is 0 Å². The van der Waals surface area contributed by atoms with Crippen molar-refractivity contribution in [3.05, 3.63) is 24.3 Å². The maximum Gasteiger partial charge on any atom is 0.256 e. The van der Waals surface area contributed by atoms with E-state index in [1.54, 1.807) is 12.1 Å². The molecule has 15 heavy (non-hydrogen) atoms. The summed E-state index contributed by atoms with van der Waals surface area (Å²) >= 11 is 0. The number of para-hydroxylation sites is 2. The lowest BCUT2D eigenvalue weighted by molar-refractivity contribution is -0.125. The van der Waals surface area contributed by atoms with Gasteiger partial charge in [-0.2, -0.15) is 0 Å². The summed E-state index contributed by atoms with van der Waals surface area (Å²) in [5.41, 5.74) is 1.37. The van der Waals surface area contributed by atoms with Crippen LogP contribution < -0.4 is 5.01 Å². The highest BCUT2D eigenvalue weighted by Crippen LogP contribution is 2.34. The van der Waals surface area contributed by atoms with E-state index >= 15 is 0 Å². The zero-order valence-electron chi connectivity index (χ0n) is 7.75. The Labute approximate surface area is 85.6 Å². The van der Waals surface area contributed by atoms with E-state index in [9.17, 15) is 9.59 Å². The van der Waals surface area contributed by atoms with E-state index in [1.807, 2.05) is 12.1 Å². The van der Waals surface area contributed by atoms with Gasteiger partial charge in [-0.25, -0.2) is 15.0 Å². The smallest absolute Gasteiger partial charge is 0.256 e. The van der Waals surface area contributed by atoms with Gasteiger partial charge in [0.25, 0.3) is 11.8 Å². The molecule has 74 valence electrons. The second-order valence-corrected chi connectivity index (χ2v) is 3.35. The summed E-state index contributed by atoms with van der Waals surface area (Å²) in [6.07, 6.45) is 1.30. The van der Waals surface area contributed by atoms with Crippen molar-refractivity contribution in [1.29, 1.82) is 0 Å². The molecule has 2 aliphatic rings. The molecule has 0 spiro atoms. The van der Waals surface area contributed by atoms with Gasteiger partial charge in [0, 0.05) is 0 Å². The minimum atomic E-state index is -0.238. The van der Waals surface area contributed by atoms with Crippen molar-refractivity contribution in [2.45, 2.75) is 6.42 Å². The largest absolute Gasteiger partial charge is 0.272 e. The second kappa shape index (κ2) is 2.66. The summed E-state index contributed by atoms with van der Waals surface area (Å²) < 4.78 is 0. The number of fused-ring (bicyclic) bond motifs is 3. The maximum atomic E-state index is 11.6. The summed E-state index contributed by atoms with van der Waals surface area (Å²) in [6.45, 7) is 0. The third-order valence-corrected chi connectivity index (χ3v) is 2.43. The zero-order valence-corrected chi connectivity index (χ0v) is 7.75. The van der Waals surface area contributed by atoms with Gasteiger partial charge in [-0.1, -0.05) is 12.1 Å². The van der Waals surface area contributed by atoms with Crippen molar-refractivity contribution in [3.8, 4) is 0 Å². The summed E-state index contributed by atoms with van der Waals surface area (Å²) in [7, 11) is 0. The van der Waals surface area contributed by atoms with Gasteiger partial charge in [0.05, 0.1) is 11.4 Å². The summed E-state index contributed by atoms with van der Waals surface area (Å²) in [5, 5.41) is 2.62. The molecule has 1 fully saturated rings. The Balaban J connectivity index is 2.19. The SMILES string of the molecule is O=C1CC(=O)N2c3ccccc3N=CN12. The highest BCUT2D eigenvalue weighted by molar-refractivity contribution is 6.17. The normalized spacial score (nSPS) is 18.1. The van der Waals surface area contributed by atoms with Crippen molar-refractivity contribution in [2.24, 2.45) is 4.99 Å². The topological polar surface area (TPSA) is 53.0 Å².